The van der Waals surface area contributed by atoms with E-state index in [2.05, 4.69) is 63.0 Å². The largest absolute Gasteiger partial charge is 0.480 e. The van der Waals surface area contributed by atoms with E-state index < -0.39 is 14.4 Å². The second-order valence-electron chi connectivity index (χ2n) is 13.4. The number of benzene rings is 2. The molecule has 0 saturated carbocycles. The summed E-state index contributed by atoms with van der Waals surface area (Å²) in [6.45, 7) is 18.2. The maximum Gasteiger partial charge on any atom is 0.319 e. The Morgan fingerprint density at radius 3 is 2.08 bits per heavy atom. The summed E-state index contributed by atoms with van der Waals surface area (Å²) < 4.78 is 20.3. The van der Waals surface area contributed by atoms with Crippen molar-refractivity contribution >= 4 is 43.1 Å². The Labute approximate surface area is 294 Å². The molecule has 0 bridgehead atoms. The lowest BCUT2D eigenvalue weighted by molar-refractivity contribution is 0.0989. The number of methoxy groups -OCH3 is 2. The summed E-state index contributed by atoms with van der Waals surface area (Å²) in [5, 5.41) is 1.13. The van der Waals surface area contributed by atoms with E-state index in [0.29, 0.717) is 56.0 Å². The number of anilines is 1. The van der Waals surface area contributed by atoms with E-state index in [1.807, 2.05) is 49.4 Å². The van der Waals surface area contributed by atoms with E-state index in [0.717, 1.165) is 16.8 Å². The van der Waals surface area contributed by atoms with Gasteiger partial charge in [-0.15, -0.1) is 0 Å². The molecule has 0 spiro atoms. The van der Waals surface area contributed by atoms with Crippen molar-refractivity contribution in [3.63, 3.8) is 0 Å². The number of halogens is 2. The minimum Gasteiger partial charge on any atom is -0.480 e. The predicted octanol–water partition coefficient (Wildman–Crippen LogP) is 9.48. The van der Waals surface area contributed by atoms with E-state index >= 15 is 0 Å². The average molecular weight is 711 g/mol. The first-order valence-corrected chi connectivity index (χ1v) is 19.2. The molecular formula is C36H45Cl2N5O4Si. The zero-order chi connectivity index (χ0) is 35.1. The van der Waals surface area contributed by atoms with Crippen molar-refractivity contribution in [3.8, 4) is 23.3 Å². The maximum atomic E-state index is 14.6. The first-order chi connectivity index (χ1) is 22.8. The number of imidazole rings is 1. The van der Waals surface area contributed by atoms with Gasteiger partial charge in [-0.3, -0.25) is 9.69 Å². The third-order valence-corrected chi connectivity index (χ3v) is 16.1. The molecule has 4 aromatic rings. The number of rotatable bonds is 12. The molecular weight excluding hydrogens is 665 g/mol. The van der Waals surface area contributed by atoms with Crippen LogP contribution in [0.15, 0.2) is 48.7 Å². The highest BCUT2D eigenvalue weighted by atomic mass is 35.5. The summed E-state index contributed by atoms with van der Waals surface area (Å²) in [6.07, 6.45) is 1.63. The number of amides is 1. The van der Waals surface area contributed by atoms with Gasteiger partial charge in [0.05, 0.1) is 38.1 Å². The first kappa shape index (κ1) is 35.9. The van der Waals surface area contributed by atoms with Gasteiger partial charge in [0.15, 0.2) is 14.0 Å². The molecule has 256 valence electrons. The molecule has 0 radical (unpaired) electrons. The third-order valence-electron chi connectivity index (χ3n) is 9.57. The number of fused-ring (bicyclic) bond motifs is 1. The van der Waals surface area contributed by atoms with Gasteiger partial charge in [-0.25, -0.2) is 9.97 Å². The van der Waals surface area contributed by atoms with Crippen LogP contribution in [0.25, 0.3) is 11.4 Å². The van der Waals surface area contributed by atoms with Crippen molar-refractivity contribution in [2.45, 2.75) is 84.1 Å². The summed E-state index contributed by atoms with van der Waals surface area (Å²) in [5.41, 5.74) is 5.29. The molecule has 1 amide bonds. The van der Waals surface area contributed by atoms with Gasteiger partial charge in [0.1, 0.15) is 11.9 Å². The number of nitrogens with zero attached hydrogens (tertiary/aromatic N) is 5. The zero-order valence-electron chi connectivity index (χ0n) is 29.3. The molecule has 3 heterocycles. The van der Waals surface area contributed by atoms with Gasteiger partial charge in [-0.1, -0.05) is 82.9 Å². The van der Waals surface area contributed by atoms with Crippen LogP contribution < -0.4 is 14.4 Å². The van der Waals surface area contributed by atoms with Crippen LogP contribution in [-0.2, 0) is 4.43 Å². The van der Waals surface area contributed by atoms with Crippen LogP contribution in [-0.4, -0.2) is 54.6 Å². The van der Waals surface area contributed by atoms with Crippen molar-refractivity contribution in [2.75, 3.05) is 25.7 Å². The van der Waals surface area contributed by atoms with E-state index in [9.17, 15) is 4.79 Å². The molecule has 9 nitrogen and oxygen atoms in total. The fourth-order valence-corrected chi connectivity index (χ4v) is 13.3. The Hall–Kier alpha value is -3.44. The quantitative estimate of drug-likeness (QED) is 0.135. The minimum atomic E-state index is -2.24. The van der Waals surface area contributed by atoms with Gasteiger partial charge >= 0.3 is 6.01 Å². The summed E-state index contributed by atoms with van der Waals surface area (Å²) in [5.74, 6) is 0.552. The van der Waals surface area contributed by atoms with Crippen molar-refractivity contribution in [2.24, 2.45) is 0 Å². The Morgan fingerprint density at radius 1 is 0.875 bits per heavy atom. The Morgan fingerprint density at radius 2 is 1.50 bits per heavy atom. The van der Waals surface area contributed by atoms with Crippen molar-refractivity contribution in [3.05, 3.63) is 81.2 Å². The summed E-state index contributed by atoms with van der Waals surface area (Å²) in [7, 11) is 0.797. The number of aromatic nitrogens is 4. The van der Waals surface area contributed by atoms with Crippen LogP contribution in [0.1, 0.15) is 87.9 Å². The van der Waals surface area contributed by atoms with Crippen LogP contribution in [0.2, 0.25) is 26.7 Å². The number of carbonyl (C=O) groups excluding carboxylic acids is 1. The zero-order valence-corrected chi connectivity index (χ0v) is 31.8. The molecule has 2 aromatic heterocycles. The topological polar surface area (TPSA) is 91.6 Å². The number of hydrogen-bond donors (Lipinski definition) is 0. The van der Waals surface area contributed by atoms with Crippen molar-refractivity contribution in [1.82, 2.24) is 19.5 Å². The molecule has 2 aromatic carbocycles. The highest BCUT2D eigenvalue weighted by Crippen LogP contribution is 2.48. The van der Waals surface area contributed by atoms with Gasteiger partial charge in [0.2, 0.25) is 5.88 Å². The number of aryl methyl sites for hydroxylation is 1. The molecule has 2 atom stereocenters. The molecule has 5 rings (SSSR count). The normalized spacial score (nSPS) is 15.5. The molecule has 12 heteroatoms. The fraction of sp³-hybridized carbons (Fsp3) is 0.444. The lowest BCUT2D eigenvalue weighted by Crippen LogP contribution is -2.48. The van der Waals surface area contributed by atoms with Crippen LogP contribution in [0.3, 0.4) is 0 Å². The van der Waals surface area contributed by atoms with Crippen LogP contribution in [0.4, 0.5) is 5.69 Å². The molecule has 0 N–H and O–H groups in total. The number of hydrogen-bond acceptors (Lipinski definition) is 7. The lowest BCUT2D eigenvalue weighted by Gasteiger charge is -2.43. The van der Waals surface area contributed by atoms with Crippen molar-refractivity contribution < 1.29 is 18.7 Å². The lowest BCUT2D eigenvalue weighted by atomic mass is 10.0. The van der Waals surface area contributed by atoms with Gasteiger partial charge in [-0.2, -0.15) is 4.98 Å². The molecule has 0 fully saturated rings. The fourth-order valence-electron chi connectivity index (χ4n) is 7.49. The standard InChI is InChI=1S/C36H45Cl2N5O4Si/c1-20(2)48(21(3)4,22(5)6)47-19-24(8)42-32-30(40-33(42)28-18-39-36(46-10)41-34(28)45-9)35(44)43(29-17-27(38)14-11-23(29)7)31(32)25-12-15-26(37)16-13-25/h11-18,20-22,24,31H,19H2,1-10H3/t24-,31?/m0/s1. The molecule has 0 saturated heterocycles. The molecule has 1 unspecified atom stereocenters. The van der Waals surface area contributed by atoms with Gasteiger partial charge in [0, 0.05) is 21.9 Å². The SMILES string of the molecule is COc1ncc(-c2nc3c(n2[C@@H](C)CO[Si](C(C)C)(C(C)C)C(C)C)C(c2ccc(Cl)cc2)N(c2cc(Cl)ccc2C)C3=O)c(OC)n1. The maximum absolute atomic E-state index is 14.6. The summed E-state index contributed by atoms with van der Waals surface area (Å²) >= 11 is 12.9. The van der Waals surface area contributed by atoms with Crippen LogP contribution >= 0.6 is 23.2 Å². The Bertz CT molecular complexity index is 1770. The third kappa shape index (κ3) is 6.24. The highest BCUT2D eigenvalue weighted by molar-refractivity contribution is 6.77. The number of carbonyl (C=O) groups is 1. The summed E-state index contributed by atoms with van der Waals surface area (Å²) in [4.78, 5) is 30.3. The summed E-state index contributed by atoms with van der Waals surface area (Å²) in [6, 6.07) is 12.5. The molecule has 1 aliphatic heterocycles. The minimum absolute atomic E-state index is 0.164. The van der Waals surface area contributed by atoms with Crippen LogP contribution in [0.5, 0.6) is 11.9 Å². The smallest absolute Gasteiger partial charge is 0.319 e. The second kappa shape index (κ2) is 14.2. The first-order valence-electron chi connectivity index (χ1n) is 16.3. The van der Waals surface area contributed by atoms with E-state index in [1.54, 1.807) is 11.1 Å². The molecule has 1 aliphatic rings. The molecule has 48 heavy (non-hydrogen) atoms. The van der Waals surface area contributed by atoms with Gasteiger partial charge in [0.25, 0.3) is 5.91 Å². The molecule has 0 aliphatic carbocycles. The second-order valence-corrected chi connectivity index (χ2v) is 19.7. The average Bonchev–Trinajstić information content (AvgIpc) is 3.56. The monoisotopic (exact) mass is 709 g/mol. The van der Waals surface area contributed by atoms with E-state index in [-0.39, 0.29) is 23.8 Å². The predicted molar refractivity (Wildman–Crippen MR) is 194 cm³/mol. The van der Waals surface area contributed by atoms with E-state index in [4.69, 9.17) is 42.1 Å². The van der Waals surface area contributed by atoms with Crippen LogP contribution in [0, 0.1) is 6.92 Å². The Kier molecular flexibility index (Phi) is 10.6. The van der Waals surface area contributed by atoms with E-state index in [1.165, 1.54) is 14.2 Å². The Balaban J connectivity index is 1.77. The highest BCUT2D eigenvalue weighted by Gasteiger charge is 2.48. The number of ether oxygens (including phenoxy) is 2. The van der Waals surface area contributed by atoms with Crippen molar-refractivity contribution in [1.29, 1.82) is 0 Å². The van der Waals surface area contributed by atoms with Gasteiger partial charge < -0.3 is 18.5 Å². The van der Waals surface area contributed by atoms with Gasteiger partial charge in [-0.05, 0) is 65.9 Å².